The third kappa shape index (κ3) is 2.53. The van der Waals surface area contributed by atoms with Gasteiger partial charge in [0.1, 0.15) is 0 Å². The molecule has 0 aromatic carbocycles. The van der Waals surface area contributed by atoms with Gasteiger partial charge in [-0.15, -0.1) is 0 Å². The molecule has 13 heavy (non-hydrogen) atoms. The minimum atomic E-state index is -0.581. The lowest BCUT2D eigenvalue weighted by Gasteiger charge is -2.29. The van der Waals surface area contributed by atoms with Crippen LogP contribution in [0.3, 0.4) is 0 Å². The van der Waals surface area contributed by atoms with Crippen LogP contribution in [0.1, 0.15) is 52.4 Å². The minimum absolute atomic E-state index is 0.253. The zero-order chi connectivity index (χ0) is 9.90. The zero-order valence-corrected chi connectivity index (χ0v) is 8.81. The van der Waals surface area contributed by atoms with Gasteiger partial charge in [0.05, 0.1) is 5.54 Å². The quantitative estimate of drug-likeness (QED) is 0.729. The number of carbonyl (C=O) groups excluding carboxylic acids is 1. The van der Waals surface area contributed by atoms with Gasteiger partial charge in [0.2, 0.25) is 0 Å². The second-order valence-corrected chi connectivity index (χ2v) is 4.47. The monoisotopic (exact) mass is 183 g/mol. The van der Waals surface area contributed by atoms with Crippen LogP contribution in [0.4, 0.5) is 0 Å². The first-order chi connectivity index (χ1) is 6.08. The van der Waals surface area contributed by atoms with Crippen LogP contribution in [0.2, 0.25) is 0 Å². The summed E-state index contributed by atoms with van der Waals surface area (Å²) >= 11 is 0. The minimum Gasteiger partial charge on any atom is -0.319 e. The molecular formula is C11H21NO. The molecule has 0 bridgehead atoms. The maximum Gasteiger partial charge on any atom is 0.155 e. The average Bonchev–Trinajstić information content (AvgIpc) is 2.18. The van der Waals surface area contributed by atoms with Crippen LogP contribution in [0, 0.1) is 5.92 Å². The van der Waals surface area contributed by atoms with Crippen molar-refractivity contribution in [2.45, 2.75) is 57.9 Å². The number of Topliss-reactive ketones (excluding diaryl/α,β-unsaturated/α-hetero) is 1. The summed E-state index contributed by atoms with van der Waals surface area (Å²) in [7, 11) is 0. The highest BCUT2D eigenvalue weighted by molar-refractivity contribution is 5.89. The molecule has 1 fully saturated rings. The molecule has 76 valence electrons. The molecule has 1 unspecified atom stereocenters. The second kappa shape index (κ2) is 4.23. The predicted octanol–water partition coefficient (Wildman–Crippen LogP) is 2.26. The number of carbonyl (C=O) groups is 1. The number of ketones is 1. The molecule has 0 saturated heterocycles. The van der Waals surface area contributed by atoms with Gasteiger partial charge < -0.3 is 5.73 Å². The van der Waals surface area contributed by atoms with Gasteiger partial charge in [-0.1, -0.05) is 26.2 Å². The number of hydrogen-bond donors (Lipinski definition) is 1. The lowest BCUT2D eigenvalue weighted by atomic mass is 9.78. The Morgan fingerprint density at radius 2 is 1.92 bits per heavy atom. The van der Waals surface area contributed by atoms with E-state index in [1.54, 1.807) is 0 Å². The van der Waals surface area contributed by atoms with E-state index in [9.17, 15) is 4.79 Å². The van der Waals surface area contributed by atoms with E-state index in [-0.39, 0.29) is 11.7 Å². The molecule has 2 heteroatoms. The van der Waals surface area contributed by atoms with Gasteiger partial charge >= 0.3 is 0 Å². The maximum atomic E-state index is 11.9. The lowest BCUT2D eigenvalue weighted by molar-refractivity contribution is -0.128. The van der Waals surface area contributed by atoms with Crippen molar-refractivity contribution in [2.24, 2.45) is 11.7 Å². The smallest absolute Gasteiger partial charge is 0.155 e. The fourth-order valence-corrected chi connectivity index (χ4v) is 2.01. The van der Waals surface area contributed by atoms with Gasteiger partial charge in [0.15, 0.2) is 5.78 Å². The second-order valence-electron chi connectivity index (χ2n) is 4.47. The van der Waals surface area contributed by atoms with Gasteiger partial charge in [-0.05, 0) is 26.2 Å². The molecule has 2 N–H and O–H groups in total. The molecule has 0 heterocycles. The molecule has 0 radical (unpaired) electrons. The fraction of sp³-hybridized carbons (Fsp3) is 0.909. The molecule has 1 saturated carbocycles. The Morgan fingerprint density at radius 1 is 1.38 bits per heavy atom. The lowest BCUT2D eigenvalue weighted by Crippen LogP contribution is -2.47. The van der Waals surface area contributed by atoms with E-state index >= 15 is 0 Å². The van der Waals surface area contributed by atoms with Crippen molar-refractivity contribution >= 4 is 5.78 Å². The summed E-state index contributed by atoms with van der Waals surface area (Å²) in [5.41, 5.74) is 5.36. The van der Waals surface area contributed by atoms with Crippen molar-refractivity contribution in [3.8, 4) is 0 Å². The summed E-state index contributed by atoms with van der Waals surface area (Å²) < 4.78 is 0. The molecule has 1 aliphatic rings. The average molecular weight is 183 g/mol. The summed E-state index contributed by atoms with van der Waals surface area (Å²) in [4.78, 5) is 11.9. The molecule has 0 spiro atoms. The maximum absolute atomic E-state index is 11.9. The molecule has 2 nitrogen and oxygen atoms in total. The van der Waals surface area contributed by atoms with Crippen molar-refractivity contribution in [2.75, 3.05) is 0 Å². The third-order valence-electron chi connectivity index (χ3n) is 3.27. The third-order valence-corrected chi connectivity index (χ3v) is 3.27. The highest BCUT2D eigenvalue weighted by atomic mass is 16.1. The van der Waals surface area contributed by atoms with Crippen LogP contribution in [-0.2, 0) is 4.79 Å². The van der Waals surface area contributed by atoms with E-state index in [2.05, 4.69) is 0 Å². The Kier molecular flexibility index (Phi) is 3.48. The van der Waals surface area contributed by atoms with Gasteiger partial charge in [0.25, 0.3) is 0 Å². The van der Waals surface area contributed by atoms with Crippen LogP contribution in [0.25, 0.3) is 0 Å². The van der Waals surface area contributed by atoms with Crippen LogP contribution >= 0.6 is 0 Å². The van der Waals surface area contributed by atoms with Crippen LogP contribution in [0.15, 0.2) is 0 Å². The summed E-state index contributed by atoms with van der Waals surface area (Å²) in [6.07, 6.45) is 6.57. The van der Waals surface area contributed by atoms with Gasteiger partial charge in [-0.2, -0.15) is 0 Å². The molecule has 0 amide bonds. The first-order valence-electron chi connectivity index (χ1n) is 5.41. The number of hydrogen-bond acceptors (Lipinski definition) is 2. The summed E-state index contributed by atoms with van der Waals surface area (Å²) in [6, 6.07) is 0. The van der Waals surface area contributed by atoms with E-state index in [0.29, 0.717) is 0 Å². The molecule has 0 aromatic rings. The van der Waals surface area contributed by atoms with Crippen LogP contribution < -0.4 is 5.73 Å². The van der Waals surface area contributed by atoms with Crippen LogP contribution in [-0.4, -0.2) is 11.3 Å². The van der Waals surface area contributed by atoms with E-state index in [1.807, 2.05) is 13.8 Å². The van der Waals surface area contributed by atoms with Crippen molar-refractivity contribution in [1.82, 2.24) is 0 Å². The Morgan fingerprint density at radius 3 is 2.38 bits per heavy atom. The van der Waals surface area contributed by atoms with Gasteiger partial charge in [-0.3, -0.25) is 4.79 Å². The zero-order valence-electron chi connectivity index (χ0n) is 8.81. The van der Waals surface area contributed by atoms with E-state index in [1.165, 1.54) is 19.3 Å². The molecule has 1 atom stereocenters. The molecular weight excluding hydrogens is 162 g/mol. The Bertz CT molecular complexity index is 181. The topological polar surface area (TPSA) is 43.1 Å². The van der Waals surface area contributed by atoms with Crippen molar-refractivity contribution in [3.05, 3.63) is 0 Å². The first kappa shape index (κ1) is 10.7. The number of nitrogens with two attached hydrogens (primary N) is 1. The van der Waals surface area contributed by atoms with Crippen molar-refractivity contribution in [1.29, 1.82) is 0 Å². The van der Waals surface area contributed by atoms with Crippen molar-refractivity contribution < 1.29 is 4.79 Å². The molecule has 0 aromatic heterocycles. The summed E-state index contributed by atoms with van der Waals surface area (Å²) in [5.74, 6) is 0.540. The SMILES string of the molecule is CCC(C)(N)C(=O)C1CCCCC1. The molecule has 1 rings (SSSR count). The number of rotatable bonds is 3. The fourth-order valence-electron chi connectivity index (χ4n) is 2.01. The largest absolute Gasteiger partial charge is 0.319 e. The summed E-state index contributed by atoms with van der Waals surface area (Å²) in [5, 5.41) is 0. The Labute approximate surface area is 80.9 Å². The standard InChI is InChI=1S/C11H21NO/c1-3-11(2,12)10(13)9-7-5-4-6-8-9/h9H,3-8,12H2,1-2H3. The summed E-state index contributed by atoms with van der Waals surface area (Å²) in [6.45, 7) is 3.85. The first-order valence-corrected chi connectivity index (χ1v) is 5.41. The van der Waals surface area contributed by atoms with Crippen LogP contribution in [0.5, 0.6) is 0 Å². The van der Waals surface area contributed by atoms with Crippen molar-refractivity contribution in [3.63, 3.8) is 0 Å². The highest BCUT2D eigenvalue weighted by Crippen LogP contribution is 2.28. The predicted molar refractivity (Wildman–Crippen MR) is 54.5 cm³/mol. The molecule has 0 aliphatic heterocycles. The van der Waals surface area contributed by atoms with E-state index in [0.717, 1.165) is 19.3 Å². The van der Waals surface area contributed by atoms with E-state index < -0.39 is 5.54 Å². The normalized spacial score (nSPS) is 23.9. The Balaban J connectivity index is 2.55. The van der Waals surface area contributed by atoms with E-state index in [4.69, 9.17) is 5.73 Å². The molecule has 1 aliphatic carbocycles. The van der Waals surface area contributed by atoms with Gasteiger partial charge in [-0.25, -0.2) is 0 Å². The Hall–Kier alpha value is -0.370. The van der Waals surface area contributed by atoms with Gasteiger partial charge in [0, 0.05) is 5.92 Å². The highest BCUT2D eigenvalue weighted by Gasteiger charge is 2.32.